The number of nitrogens with one attached hydrogen (secondary N) is 1. The molecule has 1 unspecified atom stereocenters. The van der Waals surface area contributed by atoms with Gasteiger partial charge in [0.2, 0.25) is 10.0 Å². The molecule has 0 radical (unpaired) electrons. The Morgan fingerprint density at radius 2 is 2.21 bits per heavy atom. The van der Waals surface area contributed by atoms with E-state index in [1.807, 2.05) is 26.8 Å². The molecule has 1 atom stereocenters. The summed E-state index contributed by atoms with van der Waals surface area (Å²) in [5.74, 6) is -0.631. The van der Waals surface area contributed by atoms with E-state index in [1.165, 1.54) is 11.3 Å². The van der Waals surface area contributed by atoms with Gasteiger partial charge in [0.15, 0.2) is 5.79 Å². The molecule has 2 rings (SSSR count). The van der Waals surface area contributed by atoms with Crippen LogP contribution in [0.5, 0.6) is 0 Å². The summed E-state index contributed by atoms with van der Waals surface area (Å²) in [7, 11) is -3.44. The van der Waals surface area contributed by atoms with Crippen molar-refractivity contribution in [2.75, 3.05) is 13.2 Å². The monoisotopic (exact) mass is 305 g/mol. The zero-order chi connectivity index (χ0) is 14.1. The summed E-state index contributed by atoms with van der Waals surface area (Å²) >= 11 is 1.30. The molecular weight excluding hydrogens is 286 g/mol. The van der Waals surface area contributed by atoms with Gasteiger partial charge in [0.1, 0.15) is 4.21 Å². The number of thiophene rings is 1. The Labute approximate surface area is 118 Å². The van der Waals surface area contributed by atoms with Crippen LogP contribution in [0.4, 0.5) is 0 Å². The number of sulfonamides is 1. The van der Waals surface area contributed by atoms with Crippen LogP contribution in [0.15, 0.2) is 16.3 Å². The number of hydrogen-bond acceptors (Lipinski definition) is 5. The quantitative estimate of drug-likeness (QED) is 0.900. The van der Waals surface area contributed by atoms with Gasteiger partial charge in [-0.05, 0) is 32.4 Å². The first kappa shape index (κ1) is 14.9. The van der Waals surface area contributed by atoms with Crippen molar-refractivity contribution in [1.29, 1.82) is 0 Å². The van der Waals surface area contributed by atoms with Crippen LogP contribution in [0.1, 0.15) is 25.6 Å². The lowest BCUT2D eigenvalue weighted by atomic mass is 10.4. The maximum absolute atomic E-state index is 12.1. The highest BCUT2D eigenvalue weighted by atomic mass is 32.2. The summed E-state index contributed by atoms with van der Waals surface area (Å²) in [6, 6.07) is 3.49. The van der Waals surface area contributed by atoms with E-state index < -0.39 is 15.8 Å². The van der Waals surface area contributed by atoms with Crippen LogP contribution in [0.25, 0.3) is 0 Å². The standard InChI is InChI=1S/C12H19NO4S2/c1-4-10-5-6-11(18-10)19(14,15)13-7-9-8-16-12(2,3)17-9/h5-6,9,13H,4,7-8H2,1-3H3. The van der Waals surface area contributed by atoms with Gasteiger partial charge in [-0.25, -0.2) is 13.1 Å². The van der Waals surface area contributed by atoms with E-state index in [4.69, 9.17) is 9.47 Å². The minimum atomic E-state index is -3.44. The van der Waals surface area contributed by atoms with Crippen molar-refractivity contribution in [3.8, 4) is 0 Å². The van der Waals surface area contributed by atoms with Crippen molar-refractivity contribution in [2.45, 2.75) is 43.3 Å². The van der Waals surface area contributed by atoms with Gasteiger partial charge in [0.25, 0.3) is 0 Å². The predicted molar refractivity (Wildman–Crippen MR) is 73.8 cm³/mol. The molecule has 5 nitrogen and oxygen atoms in total. The van der Waals surface area contributed by atoms with Crippen molar-refractivity contribution in [2.24, 2.45) is 0 Å². The van der Waals surface area contributed by atoms with Crippen molar-refractivity contribution < 1.29 is 17.9 Å². The normalized spacial score (nSPS) is 22.8. The van der Waals surface area contributed by atoms with E-state index >= 15 is 0 Å². The maximum Gasteiger partial charge on any atom is 0.250 e. The molecule has 0 bridgehead atoms. The number of hydrogen-bond donors (Lipinski definition) is 1. The molecule has 19 heavy (non-hydrogen) atoms. The van der Waals surface area contributed by atoms with Gasteiger partial charge in [0.05, 0.1) is 12.7 Å². The van der Waals surface area contributed by atoms with Crippen molar-refractivity contribution in [1.82, 2.24) is 4.72 Å². The highest BCUT2D eigenvalue weighted by Gasteiger charge is 2.33. The molecule has 0 spiro atoms. The van der Waals surface area contributed by atoms with Gasteiger partial charge in [0, 0.05) is 11.4 Å². The Bertz CT molecular complexity index is 536. The molecule has 1 aliphatic heterocycles. The minimum absolute atomic E-state index is 0.227. The summed E-state index contributed by atoms with van der Waals surface area (Å²) < 4.78 is 38.0. The van der Waals surface area contributed by atoms with Crippen molar-refractivity contribution >= 4 is 21.4 Å². The largest absolute Gasteiger partial charge is 0.348 e. The summed E-state index contributed by atoms with van der Waals surface area (Å²) in [5, 5.41) is 0. The second-order valence-electron chi connectivity index (χ2n) is 4.88. The molecule has 0 amide bonds. The second kappa shape index (κ2) is 5.49. The van der Waals surface area contributed by atoms with Crippen LogP contribution in [-0.4, -0.2) is 33.5 Å². The smallest absolute Gasteiger partial charge is 0.250 e. The fourth-order valence-electron chi connectivity index (χ4n) is 1.83. The molecule has 1 N–H and O–H groups in total. The summed E-state index contributed by atoms with van der Waals surface area (Å²) in [4.78, 5) is 1.06. The highest BCUT2D eigenvalue weighted by Crippen LogP contribution is 2.24. The van der Waals surface area contributed by atoms with Crippen LogP contribution < -0.4 is 4.72 Å². The molecule has 0 aromatic carbocycles. The van der Waals surface area contributed by atoms with Crippen molar-refractivity contribution in [3.63, 3.8) is 0 Å². The van der Waals surface area contributed by atoms with Gasteiger partial charge < -0.3 is 9.47 Å². The van der Waals surface area contributed by atoms with Crippen LogP contribution in [-0.2, 0) is 25.9 Å². The van der Waals surface area contributed by atoms with Gasteiger partial charge in [-0.15, -0.1) is 11.3 Å². The van der Waals surface area contributed by atoms with E-state index in [0.29, 0.717) is 10.8 Å². The number of rotatable bonds is 5. The molecule has 1 aliphatic rings. The fraction of sp³-hybridized carbons (Fsp3) is 0.667. The van der Waals surface area contributed by atoms with E-state index in [0.717, 1.165) is 11.3 Å². The molecule has 1 aromatic rings. The van der Waals surface area contributed by atoms with Crippen molar-refractivity contribution in [3.05, 3.63) is 17.0 Å². The molecule has 0 saturated carbocycles. The average molecular weight is 305 g/mol. The zero-order valence-electron chi connectivity index (χ0n) is 11.3. The third-order valence-electron chi connectivity index (χ3n) is 2.82. The average Bonchev–Trinajstić information content (AvgIpc) is 2.93. The Morgan fingerprint density at radius 1 is 1.47 bits per heavy atom. The highest BCUT2D eigenvalue weighted by molar-refractivity contribution is 7.91. The van der Waals surface area contributed by atoms with E-state index in [1.54, 1.807) is 6.07 Å². The van der Waals surface area contributed by atoms with Crippen LogP contribution >= 0.6 is 11.3 Å². The van der Waals surface area contributed by atoms with Gasteiger partial charge in [-0.2, -0.15) is 0 Å². The molecule has 108 valence electrons. The SMILES string of the molecule is CCc1ccc(S(=O)(=O)NCC2COC(C)(C)O2)s1. The summed E-state index contributed by atoms with van der Waals surface area (Å²) in [6.07, 6.45) is 0.601. The Balaban J connectivity index is 1.95. The van der Waals surface area contributed by atoms with Gasteiger partial charge in [-0.3, -0.25) is 0 Å². The minimum Gasteiger partial charge on any atom is -0.348 e. The van der Waals surface area contributed by atoms with E-state index in [-0.39, 0.29) is 12.6 Å². The van der Waals surface area contributed by atoms with Gasteiger partial charge >= 0.3 is 0 Å². The zero-order valence-corrected chi connectivity index (χ0v) is 12.9. The molecule has 2 heterocycles. The molecule has 7 heteroatoms. The second-order valence-corrected chi connectivity index (χ2v) is 8.04. The van der Waals surface area contributed by atoms with E-state index in [2.05, 4.69) is 4.72 Å². The third kappa shape index (κ3) is 3.76. The topological polar surface area (TPSA) is 64.6 Å². The van der Waals surface area contributed by atoms with Crippen LogP contribution in [0.2, 0.25) is 0 Å². The molecule has 0 aliphatic carbocycles. The fourth-order valence-corrected chi connectivity index (χ4v) is 4.24. The lowest BCUT2D eigenvalue weighted by Crippen LogP contribution is -2.34. The first-order valence-corrected chi connectivity index (χ1v) is 8.52. The lowest BCUT2D eigenvalue weighted by Gasteiger charge is -2.17. The number of aryl methyl sites for hydroxylation is 1. The molecule has 1 saturated heterocycles. The number of ether oxygens (including phenoxy) is 2. The Kier molecular flexibility index (Phi) is 4.32. The first-order chi connectivity index (χ1) is 8.82. The summed E-state index contributed by atoms with van der Waals surface area (Å²) in [5.41, 5.74) is 0. The third-order valence-corrected chi connectivity index (χ3v) is 5.96. The molecule has 1 aromatic heterocycles. The Hall–Kier alpha value is -0.470. The van der Waals surface area contributed by atoms with Crippen LogP contribution in [0, 0.1) is 0 Å². The predicted octanol–water partition coefficient (Wildman–Crippen LogP) is 1.74. The molecular formula is C12H19NO4S2. The lowest BCUT2D eigenvalue weighted by molar-refractivity contribution is -0.137. The molecule has 1 fully saturated rings. The van der Waals surface area contributed by atoms with Gasteiger partial charge in [-0.1, -0.05) is 6.92 Å². The summed E-state index contributed by atoms with van der Waals surface area (Å²) in [6.45, 7) is 6.26. The maximum atomic E-state index is 12.1. The first-order valence-electron chi connectivity index (χ1n) is 6.22. The van der Waals surface area contributed by atoms with E-state index in [9.17, 15) is 8.42 Å². The Morgan fingerprint density at radius 3 is 2.74 bits per heavy atom. The van der Waals surface area contributed by atoms with Crippen LogP contribution in [0.3, 0.4) is 0 Å².